The van der Waals surface area contributed by atoms with E-state index in [-0.39, 0.29) is 29.3 Å². The molecule has 0 aromatic heterocycles. The third-order valence-electron chi connectivity index (χ3n) is 9.12. The van der Waals surface area contributed by atoms with Crippen LogP contribution in [0.5, 0.6) is 0 Å². The number of amides is 1. The predicted octanol–water partition coefficient (Wildman–Crippen LogP) is 3.18. The number of carbonyl (C=O) groups excluding carboxylic acids is 1. The Morgan fingerprint density at radius 1 is 1.22 bits per heavy atom. The van der Waals surface area contributed by atoms with Crippen LogP contribution in [0, 0.1) is 28.6 Å². The topological polar surface area (TPSA) is 108 Å². The number of carbonyl (C=O) groups is 2. The van der Waals surface area contributed by atoms with E-state index < -0.39 is 17.9 Å². The predicted molar refractivity (Wildman–Crippen MR) is 125 cm³/mol. The first-order valence-corrected chi connectivity index (χ1v) is 12.5. The molecule has 7 nitrogen and oxygen atoms in total. The molecule has 4 aliphatic carbocycles. The minimum atomic E-state index is -1.12. The summed E-state index contributed by atoms with van der Waals surface area (Å²) in [6, 6.07) is -1.03. The maximum atomic E-state index is 11.9. The molecule has 0 aromatic rings. The number of oxime groups is 1. The smallest absolute Gasteiger partial charge is 0.327 e. The first-order valence-electron chi connectivity index (χ1n) is 11.9. The van der Waals surface area contributed by atoms with Crippen molar-refractivity contribution in [2.45, 2.75) is 77.4 Å². The highest BCUT2D eigenvalue weighted by molar-refractivity contribution is 7.80. The normalized spacial score (nSPS) is 40.5. The van der Waals surface area contributed by atoms with E-state index in [1.165, 1.54) is 18.4 Å². The molecule has 0 unspecified atom stereocenters. The fourth-order valence-electron chi connectivity index (χ4n) is 7.21. The lowest BCUT2D eigenvalue weighted by molar-refractivity contribution is -0.141. The molecule has 0 spiro atoms. The minimum Gasteiger partial charge on any atom is -0.480 e. The summed E-state index contributed by atoms with van der Waals surface area (Å²) in [5, 5.41) is 26.2. The van der Waals surface area contributed by atoms with Crippen LogP contribution in [-0.2, 0) is 14.4 Å². The number of allylic oxidation sites excluding steroid dienone is 2. The highest BCUT2D eigenvalue weighted by atomic mass is 32.1. The Balaban J connectivity index is 1.39. The van der Waals surface area contributed by atoms with Crippen LogP contribution >= 0.6 is 12.6 Å². The van der Waals surface area contributed by atoms with E-state index in [4.69, 9.17) is 9.94 Å². The fourth-order valence-corrected chi connectivity index (χ4v) is 7.46. The third-order valence-corrected chi connectivity index (χ3v) is 9.49. The van der Waals surface area contributed by atoms with Gasteiger partial charge in [-0.1, -0.05) is 24.6 Å². The van der Waals surface area contributed by atoms with Crippen molar-refractivity contribution >= 4 is 30.2 Å². The number of aliphatic hydroxyl groups is 1. The van der Waals surface area contributed by atoms with Gasteiger partial charge in [-0.2, -0.15) is 12.6 Å². The van der Waals surface area contributed by atoms with Crippen molar-refractivity contribution in [2.75, 3.05) is 12.4 Å². The number of hydrogen-bond donors (Lipinski definition) is 4. The van der Waals surface area contributed by atoms with Crippen molar-refractivity contribution in [2.24, 2.45) is 33.7 Å². The van der Waals surface area contributed by atoms with Crippen molar-refractivity contribution in [3.8, 4) is 0 Å². The number of nitrogens with zero attached hydrogens (tertiary/aromatic N) is 1. The number of nitrogens with one attached hydrogen (secondary N) is 1. The Bertz CT molecular complexity index is 829. The van der Waals surface area contributed by atoms with Gasteiger partial charge in [-0.15, -0.1) is 0 Å². The second-order valence-corrected chi connectivity index (χ2v) is 11.0. The molecule has 0 heterocycles. The van der Waals surface area contributed by atoms with Gasteiger partial charge in [-0.3, -0.25) is 4.79 Å². The van der Waals surface area contributed by atoms with Gasteiger partial charge in [0.05, 0.1) is 11.8 Å². The van der Waals surface area contributed by atoms with Crippen molar-refractivity contribution in [1.82, 2.24) is 5.32 Å². The van der Waals surface area contributed by atoms with Gasteiger partial charge < -0.3 is 20.4 Å². The minimum absolute atomic E-state index is 0.0153. The molecule has 4 aliphatic rings. The van der Waals surface area contributed by atoms with Crippen LogP contribution in [0.2, 0.25) is 0 Å². The summed E-state index contributed by atoms with van der Waals surface area (Å²) < 4.78 is 0. The first-order chi connectivity index (χ1) is 15.2. The summed E-state index contributed by atoms with van der Waals surface area (Å²) in [5.74, 6) is 0.365. The quantitative estimate of drug-likeness (QED) is 0.357. The van der Waals surface area contributed by atoms with Crippen molar-refractivity contribution < 1.29 is 24.6 Å². The molecular formula is C24H36N2O5S. The number of aliphatic hydroxyl groups excluding tert-OH is 1. The van der Waals surface area contributed by atoms with Crippen molar-refractivity contribution in [3.63, 3.8) is 0 Å². The van der Waals surface area contributed by atoms with Gasteiger partial charge in [-0.05, 0) is 86.0 Å². The second-order valence-electron chi connectivity index (χ2n) is 10.6. The average Bonchev–Trinajstić information content (AvgIpc) is 3.06. The molecule has 1 amide bonds. The monoisotopic (exact) mass is 464 g/mol. The molecule has 3 N–H and O–H groups in total. The van der Waals surface area contributed by atoms with Crippen LogP contribution in [0.1, 0.15) is 65.2 Å². The number of carboxylic acid groups (broad SMARTS) is 1. The van der Waals surface area contributed by atoms with Crippen LogP contribution in [0.3, 0.4) is 0 Å². The van der Waals surface area contributed by atoms with E-state index in [1.807, 2.05) is 0 Å². The lowest BCUT2D eigenvalue weighted by Crippen LogP contribution is -2.51. The Morgan fingerprint density at radius 3 is 2.72 bits per heavy atom. The molecule has 32 heavy (non-hydrogen) atoms. The molecule has 8 heteroatoms. The van der Waals surface area contributed by atoms with Gasteiger partial charge in [0, 0.05) is 5.75 Å². The highest BCUT2D eigenvalue weighted by Crippen LogP contribution is 2.65. The van der Waals surface area contributed by atoms with Gasteiger partial charge in [-0.25, -0.2) is 4.79 Å². The maximum Gasteiger partial charge on any atom is 0.327 e. The SMILES string of the molecule is C[C@]12CC[C@H]3[C@@H](CCC4=C/C(=N/OCC(=O)N[C@@H](CS)C(=O)O)CC[C@@]43C)[C@@H]1CC[C@@H]2O. The fraction of sp³-hybridized carbons (Fsp3) is 0.792. The van der Waals surface area contributed by atoms with Crippen LogP contribution in [-0.4, -0.2) is 52.3 Å². The van der Waals surface area contributed by atoms with E-state index >= 15 is 0 Å². The molecule has 0 aliphatic heterocycles. The van der Waals surface area contributed by atoms with Gasteiger partial charge in [0.2, 0.25) is 0 Å². The van der Waals surface area contributed by atoms with Gasteiger partial charge in [0.1, 0.15) is 6.04 Å². The molecule has 3 saturated carbocycles. The van der Waals surface area contributed by atoms with E-state index in [0.717, 1.165) is 44.2 Å². The number of rotatable bonds is 6. The summed E-state index contributed by atoms with van der Waals surface area (Å²) >= 11 is 3.93. The number of fused-ring (bicyclic) bond motifs is 5. The Morgan fingerprint density at radius 2 is 2.00 bits per heavy atom. The number of aliphatic carboxylic acids is 1. The van der Waals surface area contributed by atoms with Crippen LogP contribution in [0.15, 0.2) is 16.8 Å². The van der Waals surface area contributed by atoms with E-state index in [0.29, 0.717) is 17.8 Å². The molecule has 3 fully saturated rings. The van der Waals surface area contributed by atoms with E-state index in [9.17, 15) is 14.7 Å². The first kappa shape index (κ1) is 23.6. The number of thiol groups is 1. The molecule has 0 aromatic carbocycles. The largest absolute Gasteiger partial charge is 0.480 e. The average molecular weight is 465 g/mol. The van der Waals surface area contributed by atoms with Gasteiger partial charge in [0.25, 0.3) is 5.91 Å². The molecule has 178 valence electrons. The summed E-state index contributed by atoms with van der Waals surface area (Å²) in [6.45, 7) is 4.42. The lowest BCUT2D eigenvalue weighted by atomic mass is 9.47. The zero-order valence-corrected chi connectivity index (χ0v) is 19.9. The van der Waals surface area contributed by atoms with Crippen LogP contribution in [0.4, 0.5) is 0 Å². The number of carboxylic acids is 1. The lowest BCUT2D eigenvalue weighted by Gasteiger charge is -2.57. The van der Waals surface area contributed by atoms with Crippen LogP contribution in [0.25, 0.3) is 0 Å². The molecule has 0 radical (unpaired) electrons. The van der Waals surface area contributed by atoms with Gasteiger partial charge >= 0.3 is 5.97 Å². The Hall–Kier alpha value is -1.54. The third kappa shape index (κ3) is 4.09. The zero-order chi connectivity index (χ0) is 23.1. The van der Waals surface area contributed by atoms with Crippen molar-refractivity contribution in [1.29, 1.82) is 0 Å². The zero-order valence-electron chi connectivity index (χ0n) is 19.0. The van der Waals surface area contributed by atoms with Gasteiger partial charge in [0.15, 0.2) is 6.61 Å². The highest BCUT2D eigenvalue weighted by Gasteiger charge is 2.58. The molecule has 7 atom stereocenters. The summed E-state index contributed by atoms with van der Waals surface area (Å²) in [6.07, 6.45) is 10.5. The number of hydrogen-bond acceptors (Lipinski definition) is 6. The molecule has 0 saturated heterocycles. The van der Waals surface area contributed by atoms with E-state index in [1.54, 1.807) is 0 Å². The molecular weight excluding hydrogens is 428 g/mol. The summed E-state index contributed by atoms with van der Waals surface area (Å²) in [4.78, 5) is 28.1. The van der Waals surface area contributed by atoms with E-state index in [2.05, 4.69) is 43.0 Å². The Labute approximate surface area is 195 Å². The summed E-state index contributed by atoms with van der Waals surface area (Å²) in [5.41, 5.74) is 2.57. The Kier molecular flexibility index (Phi) is 6.65. The second kappa shape index (κ2) is 9.01. The summed E-state index contributed by atoms with van der Waals surface area (Å²) in [7, 11) is 0. The maximum absolute atomic E-state index is 11.9. The molecule has 4 rings (SSSR count). The van der Waals surface area contributed by atoms with Crippen LogP contribution < -0.4 is 5.32 Å². The van der Waals surface area contributed by atoms with Crippen molar-refractivity contribution in [3.05, 3.63) is 11.6 Å². The molecule has 0 bridgehead atoms. The standard InChI is InChI=1S/C24H36N2O5S/c1-23-9-7-15(26-31-12-21(28)25-19(13-32)22(29)30)11-14(23)3-4-16-17-5-6-20(27)24(17,2)10-8-18(16)23/h11,16-20,27,32H,3-10,12-13H2,1-2H3,(H,25,28)(H,29,30)/b26-15+/t16-,17-,18-,19-,20-,23-,24-/m0/s1.